The molecule has 0 aliphatic rings. The van der Waals surface area contributed by atoms with E-state index in [1.54, 1.807) is 30.3 Å². The Kier molecular flexibility index (Phi) is 8.04. The second-order valence-electron chi connectivity index (χ2n) is 5.59. The number of anilines is 1. The van der Waals surface area contributed by atoms with Crippen molar-refractivity contribution in [1.82, 2.24) is 15.2 Å². The Balaban J connectivity index is 1.61. The number of nitrogens with one attached hydrogen (secondary N) is 2. The molecule has 0 unspecified atom stereocenters. The highest BCUT2D eigenvalue weighted by Crippen LogP contribution is 2.10. The zero-order valence-corrected chi connectivity index (χ0v) is 16.0. The van der Waals surface area contributed by atoms with Crippen LogP contribution in [0.25, 0.3) is 0 Å². The number of hydrogen-bond donors (Lipinski definition) is 2. The predicted molar refractivity (Wildman–Crippen MR) is 103 cm³/mol. The number of benzene rings is 1. The highest BCUT2D eigenvalue weighted by atomic mass is 79.9. The number of rotatable bonds is 9. The molecule has 26 heavy (non-hydrogen) atoms. The summed E-state index contributed by atoms with van der Waals surface area (Å²) in [6.07, 6.45) is 1.60. The summed E-state index contributed by atoms with van der Waals surface area (Å²) < 4.78 is 6.33. The van der Waals surface area contributed by atoms with E-state index >= 15 is 0 Å². The minimum Gasteiger partial charge on any atom is -0.492 e. The maximum atomic E-state index is 12.0. The van der Waals surface area contributed by atoms with Crippen molar-refractivity contribution in [3.05, 3.63) is 53.1 Å². The maximum Gasteiger partial charge on any atom is 0.239 e. The molecule has 0 bridgehead atoms. The van der Waals surface area contributed by atoms with Crippen LogP contribution in [0.4, 0.5) is 5.82 Å². The van der Waals surface area contributed by atoms with Crippen LogP contribution in [-0.2, 0) is 9.59 Å². The van der Waals surface area contributed by atoms with Gasteiger partial charge >= 0.3 is 0 Å². The Labute approximate surface area is 160 Å². The van der Waals surface area contributed by atoms with Crippen molar-refractivity contribution in [2.75, 3.05) is 38.6 Å². The van der Waals surface area contributed by atoms with E-state index in [0.717, 1.165) is 10.2 Å². The van der Waals surface area contributed by atoms with E-state index in [9.17, 15) is 9.59 Å². The van der Waals surface area contributed by atoms with E-state index in [2.05, 4.69) is 31.5 Å². The van der Waals surface area contributed by atoms with Gasteiger partial charge in [-0.05, 0) is 47.2 Å². The molecule has 2 amide bonds. The SMILES string of the molecule is CN(CC(=O)NCCOc1ccccc1)CC(=O)Nc1ccc(Br)cn1. The lowest BCUT2D eigenvalue weighted by molar-refractivity contribution is -0.123. The topological polar surface area (TPSA) is 83.6 Å². The van der Waals surface area contributed by atoms with Crippen LogP contribution < -0.4 is 15.4 Å². The lowest BCUT2D eigenvalue weighted by Gasteiger charge is -2.16. The molecular formula is C18H21BrN4O3. The zero-order chi connectivity index (χ0) is 18.8. The van der Waals surface area contributed by atoms with E-state index in [4.69, 9.17) is 4.74 Å². The first-order chi connectivity index (χ1) is 12.5. The van der Waals surface area contributed by atoms with Crippen molar-refractivity contribution in [2.45, 2.75) is 0 Å². The largest absolute Gasteiger partial charge is 0.492 e. The first-order valence-electron chi connectivity index (χ1n) is 8.07. The molecule has 138 valence electrons. The van der Waals surface area contributed by atoms with Crippen LogP contribution in [0.2, 0.25) is 0 Å². The summed E-state index contributed by atoms with van der Waals surface area (Å²) in [4.78, 5) is 29.5. The molecule has 2 rings (SSSR count). The standard InChI is InChI=1S/C18H21BrN4O3/c1-23(13-18(25)22-16-8-7-14(19)11-21-16)12-17(24)20-9-10-26-15-5-3-2-4-6-15/h2-8,11H,9-10,12-13H2,1H3,(H,20,24)(H,21,22,25). The summed E-state index contributed by atoms with van der Waals surface area (Å²) in [5, 5.41) is 5.44. The molecule has 0 aliphatic carbocycles. The summed E-state index contributed by atoms with van der Waals surface area (Å²) in [5.74, 6) is 0.826. The molecule has 1 aromatic carbocycles. The number of pyridine rings is 1. The van der Waals surface area contributed by atoms with E-state index in [1.165, 1.54) is 0 Å². The minimum absolute atomic E-state index is 0.0890. The van der Waals surface area contributed by atoms with Crippen molar-refractivity contribution in [3.63, 3.8) is 0 Å². The fourth-order valence-electron chi connectivity index (χ4n) is 2.11. The molecule has 0 saturated heterocycles. The van der Waals surface area contributed by atoms with Crippen LogP contribution >= 0.6 is 15.9 Å². The second kappa shape index (κ2) is 10.5. The summed E-state index contributed by atoms with van der Waals surface area (Å²) in [5.41, 5.74) is 0. The third-order valence-electron chi connectivity index (χ3n) is 3.26. The third kappa shape index (κ3) is 7.62. The molecule has 0 radical (unpaired) electrons. The van der Waals surface area contributed by atoms with Crippen molar-refractivity contribution < 1.29 is 14.3 Å². The molecule has 0 spiro atoms. The van der Waals surface area contributed by atoms with E-state index < -0.39 is 0 Å². The number of para-hydroxylation sites is 1. The van der Waals surface area contributed by atoms with E-state index in [-0.39, 0.29) is 24.9 Å². The van der Waals surface area contributed by atoms with Gasteiger partial charge in [0.15, 0.2) is 0 Å². The third-order valence-corrected chi connectivity index (χ3v) is 3.73. The maximum absolute atomic E-state index is 12.0. The monoisotopic (exact) mass is 420 g/mol. The van der Waals surface area contributed by atoms with Crippen LogP contribution in [0.1, 0.15) is 0 Å². The number of likely N-dealkylation sites (N-methyl/N-ethyl adjacent to an activating group) is 1. The van der Waals surface area contributed by atoms with Crippen LogP contribution in [0.15, 0.2) is 53.1 Å². The van der Waals surface area contributed by atoms with Gasteiger partial charge in [-0.3, -0.25) is 14.5 Å². The van der Waals surface area contributed by atoms with Gasteiger partial charge in [-0.2, -0.15) is 0 Å². The summed E-state index contributed by atoms with van der Waals surface area (Å²) in [6, 6.07) is 12.9. The Morgan fingerprint density at radius 3 is 2.54 bits per heavy atom. The van der Waals surface area contributed by atoms with Crippen molar-refractivity contribution in [3.8, 4) is 5.75 Å². The fourth-order valence-corrected chi connectivity index (χ4v) is 2.34. The molecule has 0 fully saturated rings. The molecule has 2 aromatic rings. The molecule has 8 heteroatoms. The van der Waals surface area contributed by atoms with E-state index in [1.807, 2.05) is 30.3 Å². The Morgan fingerprint density at radius 1 is 1.12 bits per heavy atom. The number of aromatic nitrogens is 1. The quantitative estimate of drug-likeness (QED) is 0.605. The summed E-state index contributed by atoms with van der Waals surface area (Å²) >= 11 is 3.28. The van der Waals surface area contributed by atoms with Crippen LogP contribution in [0, 0.1) is 0 Å². The van der Waals surface area contributed by atoms with Crippen LogP contribution in [0.5, 0.6) is 5.75 Å². The highest BCUT2D eigenvalue weighted by Gasteiger charge is 2.11. The Hall–Kier alpha value is -2.45. The number of amides is 2. The van der Waals surface area contributed by atoms with E-state index in [0.29, 0.717) is 19.0 Å². The molecule has 0 aliphatic heterocycles. The summed E-state index contributed by atoms with van der Waals surface area (Å²) in [7, 11) is 1.70. The van der Waals surface area contributed by atoms with Crippen molar-refractivity contribution in [2.24, 2.45) is 0 Å². The van der Waals surface area contributed by atoms with Gasteiger partial charge in [-0.15, -0.1) is 0 Å². The van der Waals surface area contributed by atoms with Crippen LogP contribution in [-0.4, -0.2) is 55.0 Å². The zero-order valence-electron chi connectivity index (χ0n) is 14.4. The summed E-state index contributed by atoms with van der Waals surface area (Å²) in [6.45, 7) is 0.990. The molecule has 7 nitrogen and oxygen atoms in total. The fraction of sp³-hybridized carbons (Fsp3) is 0.278. The van der Waals surface area contributed by atoms with Gasteiger partial charge in [-0.25, -0.2) is 4.98 Å². The number of carbonyl (C=O) groups excluding carboxylic acids is 2. The Morgan fingerprint density at radius 2 is 1.85 bits per heavy atom. The Bertz CT molecular complexity index is 710. The molecule has 0 saturated carbocycles. The average molecular weight is 421 g/mol. The van der Waals surface area contributed by atoms with Crippen molar-refractivity contribution in [1.29, 1.82) is 0 Å². The van der Waals surface area contributed by atoms with Gasteiger partial charge < -0.3 is 15.4 Å². The second-order valence-corrected chi connectivity index (χ2v) is 6.51. The van der Waals surface area contributed by atoms with Crippen molar-refractivity contribution >= 4 is 33.6 Å². The molecule has 1 heterocycles. The molecule has 2 N–H and O–H groups in total. The van der Waals surface area contributed by atoms with Gasteiger partial charge in [0.1, 0.15) is 18.2 Å². The minimum atomic E-state index is -0.234. The number of hydrogen-bond acceptors (Lipinski definition) is 5. The van der Waals surface area contributed by atoms with Crippen LogP contribution in [0.3, 0.4) is 0 Å². The number of ether oxygens (including phenoxy) is 1. The number of halogens is 1. The molecular weight excluding hydrogens is 400 g/mol. The van der Waals surface area contributed by atoms with Gasteiger partial charge in [0.05, 0.1) is 19.6 Å². The normalized spacial score (nSPS) is 10.4. The first-order valence-corrected chi connectivity index (χ1v) is 8.87. The van der Waals surface area contributed by atoms with Gasteiger partial charge in [0.2, 0.25) is 11.8 Å². The smallest absolute Gasteiger partial charge is 0.239 e. The molecule has 0 atom stereocenters. The van der Waals surface area contributed by atoms with Gasteiger partial charge in [-0.1, -0.05) is 18.2 Å². The lowest BCUT2D eigenvalue weighted by atomic mass is 10.3. The van der Waals surface area contributed by atoms with Gasteiger partial charge in [0, 0.05) is 10.7 Å². The lowest BCUT2D eigenvalue weighted by Crippen LogP contribution is -2.40. The molecule has 1 aromatic heterocycles. The van der Waals surface area contributed by atoms with Gasteiger partial charge in [0.25, 0.3) is 0 Å². The highest BCUT2D eigenvalue weighted by molar-refractivity contribution is 9.10. The number of nitrogens with zero attached hydrogens (tertiary/aromatic N) is 2. The first kappa shape index (κ1) is 19.9. The number of carbonyl (C=O) groups is 2. The predicted octanol–water partition coefficient (Wildman–Crippen LogP) is 1.91. The average Bonchev–Trinajstić information content (AvgIpc) is 2.61.